The summed E-state index contributed by atoms with van der Waals surface area (Å²) in [7, 11) is 3.21. The van der Waals surface area contributed by atoms with Crippen molar-refractivity contribution >= 4 is 0 Å². The first kappa shape index (κ1) is 23.1. The summed E-state index contributed by atoms with van der Waals surface area (Å²) in [5.41, 5.74) is 1.04. The van der Waals surface area contributed by atoms with Gasteiger partial charge in [0.15, 0.2) is 6.29 Å². The van der Waals surface area contributed by atoms with E-state index < -0.39 is 12.4 Å². The average Bonchev–Trinajstić information content (AvgIpc) is 3.03. The monoisotopic (exact) mass is 394 g/mol. The molecule has 1 saturated heterocycles. The summed E-state index contributed by atoms with van der Waals surface area (Å²) in [5, 5.41) is 10.5. The lowest BCUT2D eigenvalue weighted by Gasteiger charge is -2.21. The van der Waals surface area contributed by atoms with E-state index in [0.717, 1.165) is 24.2 Å². The van der Waals surface area contributed by atoms with Crippen LogP contribution in [0.1, 0.15) is 70.3 Å². The van der Waals surface area contributed by atoms with Crippen LogP contribution in [0.4, 0.5) is 0 Å². The molecule has 0 amide bonds. The molecule has 28 heavy (non-hydrogen) atoms. The molecule has 2 rings (SSSR count). The van der Waals surface area contributed by atoms with E-state index in [1.165, 1.54) is 44.9 Å². The van der Waals surface area contributed by atoms with Gasteiger partial charge in [-0.3, -0.25) is 0 Å². The Bertz CT molecular complexity index is 518. The van der Waals surface area contributed by atoms with Crippen molar-refractivity contribution in [3.05, 3.63) is 29.8 Å². The first-order valence-corrected chi connectivity index (χ1v) is 10.8. The number of aliphatic hydroxyl groups is 1. The van der Waals surface area contributed by atoms with Crippen LogP contribution in [-0.2, 0) is 20.8 Å². The summed E-state index contributed by atoms with van der Waals surface area (Å²) in [6.45, 7) is 2.68. The highest BCUT2D eigenvalue weighted by atomic mass is 16.7. The maximum atomic E-state index is 10.5. The molecule has 160 valence electrons. The molecule has 0 saturated carbocycles. The number of methoxy groups -OCH3 is 2. The van der Waals surface area contributed by atoms with Crippen molar-refractivity contribution in [2.75, 3.05) is 14.2 Å². The van der Waals surface area contributed by atoms with E-state index in [4.69, 9.17) is 18.9 Å². The number of benzene rings is 1. The fraction of sp³-hybridized carbons (Fsp3) is 0.739. The molecule has 1 aromatic carbocycles. The van der Waals surface area contributed by atoms with Crippen molar-refractivity contribution in [3.63, 3.8) is 0 Å². The van der Waals surface area contributed by atoms with Crippen molar-refractivity contribution in [3.8, 4) is 5.75 Å². The second-order valence-electron chi connectivity index (χ2n) is 7.66. The highest BCUT2D eigenvalue weighted by molar-refractivity contribution is 5.26. The van der Waals surface area contributed by atoms with Crippen LogP contribution < -0.4 is 4.74 Å². The van der Waals surface area contributed by atoms with Crippen LogP contribution in [0.5, 0.6) is 5.75 Å². The number of ether oxygens (including phenoxy) is 4. The highest BCUT2D eigenvalue weighted by Gasteiger charge is 2.44. The number of hydrogen-bond donors (Lipinski definition) is 1. The minimum atomic E-state index is -0.762. The maximum Gasteiger partial charge on any atom is 0.186 e. The Morgan fingerprint density at radius 3 is 2.18 bits per heavy atom. The molecule has 1 aromatic rings. The predicted octanol–water partition coefficient (Wildman–Crippen LogP) is 4.84. The molecule has 5 nitrogen and oxygen atoms in total. The van der Waals surface area contributed by atoms with E-state index >= 15 is 0 Å². The molecular weight excluding hydrogens is 356 g/mol. The second-order valence-corrected chi connectivity index (χ2v) is 7.66. The smallest absolute Gasteiger partial charge is 0.186 e. The van der Waals surface area contributed by atoms with Crippen molar-refractivity contribution in [2.24, 2.45) is 0 Å². The summed E-state index contributed by atoms with van der Waals surface area (Å²) in [6.07, 6.45) is 9.22. The van der Waals surface area contributed by atoms with Gasteiger partial charge in [0.05, 0.1) is 19.8 Å². The van der Waals surface area contributed by atoms with Gasteiger partial charge >= 0.3 is 0 Å². The zero-order chi connectivity index (χ0) is 20.2. The summed E-state index contributed by atoms with van der Waals surface area (Å²) >= 11 is 0. The van der Waals surface area contributed by atoms with E-state index in [1.807, 2.05) is 24.3 Å². The predicted molar refractivity (Wildman–Crippen MR) is 110 cm³/mol. The van der Waals surface area contributed by atoms with Gasteiger partial charge in [0, 0.05) is 7.11 Å². The molecule has 0 radical (unpaired) electrons. The molecule has 0 aliphatic carbocycles. The third kappa shape index (κ3) is 7.36. The van der Waals surface area contributed by atoms with Gasteiger partial charge in [0.25, 0.3) is 0 Å². The molecule has 4 atom stereocenters. The van der Waals surface area contributed by atoms with Gasteiger partial charge in [-0.05, 0) is 24.1 Å². The molecule has 1 N–H and O–H groups in total. The largest absolute Gasteiger partial charge is 0.497 e. The zero-order valence-electron chi connectivity index (χ0n) is 17.8. The minimum Gasteiger partial charge on any atom is -0.497 e. The van der Waals surface area contributed by atoms with Gasteiger partial charge < -0.3 is 24.1 Å². The quantitative estimate of drug-likeness (QED) is 0.457. The van der Waals surface area contributed by atoms with E-state index in [9.17, 15) is 5.11 Å². The van der Waals surface area contributed by atoms with Crippen LogP contribution in [0, 0.1) is 0 Å². The summed E-state index contributed by atoms with van der Waals surface area (Å²) in [4.78, 5) is 0. The van der Waals surface area contributed by atoms with E-state index in [2.05, 4.69) is 6.92 Å². The van der Waals surface area contributed by atoms with Crippen LogP contribution in [-0.4, -0.2) is 43.9 Å². The Morgan fingerprint density at radius 1 is 0.929 bits per heavy atom. The first-order chi connectivity index (χ1) is 13.7. The Morgan fingerprint density at radius 2 is 1.57 bits per heavy atom. The molecule has 0 aromatic heterocycles. The summed E-state index contributed by atoms with van der Waals surface area (Å²) in [6, 6.07) is 7.77. The highest BCUT2D eigenvalue weighted by Crippen LogP contribution is 2.29. The fourth-order valence-corrected chi connectivity index (χ4v) is 3.73. The van der Waals surface area contributed by atoms with Crippen LogP contribution in [0.15, 0.2) is 24.3 Å². The normalized spacial score (nSPS) is 24.6. The van der Waals surface area contributed by atoms with E-state index in [-0.39, 0.29) is 12.2 Å². The molecule has 1 fully saturated rings. The van der Waals surface area contributed by atoms with Crippen LogP contribution in [0.3, 0.4) is 0 Å². The lowest BCUT2D eigenvalue weighted by molar-refractivity contribution is -0.149. The third-order valence-electron chi connectivity index (χ3n) is 5.47. The van der Waals surface area contributed by atoms with Crippen LogP contribution in [0.25, 0.3) is 0 Å². The SMILES string of the molecule is CCCCCCCCCC[C@H]1O[C@@H](OC)[C@H](O)[C@H]1OCc1ccc(OC)cc1. The Kier molecular flexibility index (Phi) is 10.9. The Balaban J connectivity index is 1.75. The summed E-state index contributed by atoms with van der Waals surface area (Å²) < 4.78 is 22.4. The topological polar surface area (TPSA) is 57.2 Å². The number of aliphatic hydroxyl groups excluding tert-OH is 1. The number of rotatable bonds is 14. The molecule has 0 unspecified atom stereocenters. The van der Waals surface area contributed by atoms with Gasteiger partial charge in [-0.25, -0.2) is 0 Å². The van der Waals surface area contributed by atoms with E-state index in [1.54, 1.807) is 14.2 Å². The lowest BCUT2D eigenvalue weighted by Crippen LogP contribution is -2.35. The average molecular weight is 395 g/mol. The van der Waals surface area contributed by atoms with Gasteiger partial charge in [0.1, 0.15) is 18.0 Å². The molecule has 1 heterocycles. The van der Waals surface area contributed by atoms with Gasteiger partial charge in [-0.15, -0.1) is 0 Å². The zero-order valence-corrected chi connectivity index (χ0v) is 17.8. The van der Waals surface area contributed by atoms with Crippen LogP contribution >= 0.6 is 0 Å². The lowest BCUT2D eigenvalue weighted by atomic mass is 10.0. The summed E-state index contributed by atoms with van der Waals surface area (Å²) in [5.74, 6) is 0.819. The second kappa shape index (κ2) is 13.2. The van der Waals surface area contributed by atoms with Gasteiger partial charge in [-0.2, -0.15) is 0 Å². The first-order valence-electron chi connectivity index (χ1n) is 10.8. The van der Waals surface area contributed by atoms with Gasteiger partial charge in [0.2, 0.25) is 0 Å². The Hall–Kier alpha value is -1.14. The fourth-order valence-electron chi connectivity index (χ4n) is 3.73. The van der Waals surface area contributed by atoms with Crippen molar-refractivity contribution in [1.82, 2.24) is 0 Å². The molecule has 5 heteroatoms. The standard InChI is InChI=1S/C23H38O5/c1-4-5-6-7-8-9-10-11-12-20-22(21(24)23(26-3)28-20)27-17-18-13-15-19(25-2)16-14-18/h13-16,20-24H,4-12,17H2,1-3H3/t20-,21-,22+,23-/m1/s1. The molecule has 0 spiro atoms. The molecule has 1 aliphatic rings. The molecule has 0 bridgehead atoms. The van der Waals surface area contributed by atoms with Crippen molar-refractivity contribution in [1.29, 1.82) is 0 Å². The minimum absolute atomic E-state index is 0.127. The van der Waals surface area contributed by atoms with Gasteiger partial charge in [-0.1, -0.05) is 70.4 Å². The van der Waals surface area contributed by atoms with E-state index in [0.29, 0.717) is 6.61 Å². The number of unbranched alkanes of at least 4 members (excludes halogenated alkanes) is 7. The van der Waals surface area contributed by atoms with Crippen molar-refractivity contribution in [2.45, 2.75) is 95.9 Å². The number of hydrogen-bond acceptors (Lipinski definition) is 5. The maximum absolute atomic E-state index is 10.5. The Labute approximate surface area is 170 Å². The van der Waals surface area contributed by atoms with Crippen LogP contribution in [0.2, 0.25) is 0 Å². The van der Waals surface area contributed by atoms with Crippen molar-refractivity contribution < 1.29 is 24.1 Å². The molecular formula is C23H38O5. The molecule has 1 aliphatic heterocycles. The third-order valence-corrected chi connectivity index (χ3v) is 5.47.